The molecule has 0 unspecified atom stereocenters. The molecule has 38 heavy (non-hydrogen) atoms. The fraction of sp³-hybridized carbons (Fsp3) is 0.516. The van der Waals surface area contributed by atoms with E-state index in [2.05, 4.69) is 9.80 Å². The Labute approximate surface area is 225 Å². The summed E-state index contributed by atoms with van der Waals surface area (Å²) >= 11 is 0. The first-order chi connectivity index (χ1) is 18.6. The predicted octanol–water partition coefficient (Wildman–Crippen LogP) is 3.68. The minimum absolute atomic E-state index is 0.182. The second-order valence-electron chi connectivity index (χ2n) is 11.0. The van der Waals surface area contributed by atoms with Gasteiger partial charge in [0.1, 0.15) is 0 Å². The minimum Gasteiger partial charge on any atom is -0.390 e. The molecular weight excluding hydrogens is 476 g/mol. The van der Waals surface area contributed by atoms with Crippen LogP contribution in [0.25, 0.3) is 22.5 Å². The normalized spacial score (nSPS) is 18.9. The molecule has 2 aromatic carbocycles. The van der Waals surface area contributed by atoms with E-state index in [1.165, 1.54) is 12.8 Å². The Morgan fingerprint density at radius 2 is 0.921 bits per heavy atom. The van der Waals surface area contributed by atoms with Gasteiger partial charge in [-0.25, -0.2) is 4.79 Å². The molecule has 2 aliphatic heterocycles. The lowest BCUT2D eigenvalue weighted by Crippen LogP contribution is -2.41. The third-order valence-electron chi connectivity index (χ3n) is 7.94. The molecule has 2 atom stereocenters. The van der Waals surface area contributed by atoms with E-state index in [4.69, 9.17) is 0 Å². The summed E-state index contributed by atoms with van der Waals surface area (Å²) in [6.45, 7) is 5.54. The van der Waals surface area contributed by atoms with Gasteiger partial charge >= 0.3 is 5.69 Å². The minimum atomic E-state index is -0.661. The van der Waals surface area contributed by atoms with E-state index in [9.17, 15) is 15.0 Å². The molecule has 2 aliphatic rings. The molecule has 0 spiro atoms. The molecule has 3 heterocycles. The predicted molar refractivity (Wildman–Crippen MR) is 152 cm³/mol. The van der Waals surface area contributed by atoms with Gasteiger partial charge in [0.2, 0.25) is 0 Å². The SMILES string of the molecule is O=c1n(C[C@@H](O)CN2CCCCC2)c(-c2ccccc2)c(-c2ccccc2)n1C[C@@H](O)CN1CCCCC1. The van der Waals surface area contributed by atoms with Crippen LogP contribution in [0.3, 0.4) is 0 Å². The molecule has 2 N–H and O–H groups in total. The number of imidazole rings is 1. The number of aromatic nitrogens is 2. The molecule has 2 saturated heterocycles. The fourth-order valence-electron chi connectivity index (χ4n) is 6.13. The maximum absolute atomic E-state index is 14.1. The lowest BCUT2D eigenvalue weighted by molar-refractivity contribution is 0.0843. The van der Waals surface area contributed by atoms with Crippen LogP contribution in [0.2, 0.25) is 0 Å². The van der Waals surface area contributed by atoms with E-state index in [-0.39, 0.29) is 18.8 Å². The highest BCUT2D eigenvalue weighted by atomic mass is 16.3. The van der Waals surface area contributed by atoms with Crippen LogP contribution in [0.5, 0.6) is 0 Å². The van der Waals surface area contributed by atoms with Crippen LogP contribution in [0.1, 0.15) is 38.5 Å². The maximum Gasteiger partial charge on any atom is 0.329 e. The van der Waals surface area contributed by atoms with Crippen molar-refractivity contribution in [3.8, 4) is 22.5 Å². The molecule has 1 aromatic heterocycles. The van der Waals surface area contributed by atoms with Gasteiger partial charge in [0.05, 0.1) is 36.7 Å². The third-order valence-corrected chi connectivity index (χ3v) is 7.94. The first kappa shape index (κ1) is 26.9. The Morgan fingerprint density at radius 1 is 0.553 bits per heavy atom. The standard InChI is InChI=1S/C31H42N4O3/c36-27(21-32-17-9-3-10-18-32)23-34-29(25-13-5-1-6-14-25)30(26-15-7-2-8-16-26)35(31(34)38)24-28(37)22-33-19-11-4-12-20-33/h1-2,5-8,13-16,27-28,36-37H,3-4,9-12,17-24H2/t27-,28-/m0/s1. The van der Waals surface area contributed by atoms with Crippen molar-refractivity contribution in [1.29, 1.82) is 0 Å². The summed E-state index contributed by atoms with van der Waals surface area (Å²) in [7, 11) is 0. The Balaban J connectivity index is 1.53. The van der Waals surface area contributed by atoms with Crippen LogP contribution in [0, 0.1) is 0 Å². The highest BCUT2D eigenvalue weighted by Crippen LogP contribution is 2.32. The zero-order valence-electron chi connectivity index (χ0n) is 22.4. The van der Waals surface area contributed by atoms with Gasteiger partial charge in [0.25, 0.3) is 0 Å². The van der Waals surface area contributed by atoms with Gasteiger partial charge in [0, 0.05) is 24.2 Å². The van der Waals surface area contributed by atoms with Crippen molar-refractivity contribution < 1.29 is 10.2 Å². The Kier molecular flexibility index (Phi) is 9.12. The van der Waals surface area contributed by atoms with Crippen molar-refractivity contribution in [3.63, 3.8) is 0 Å². The van der Waals surface area contributed by atoms with Crippen LogP contribution in [0.15, 0.2) is 65.5 Å². The smallest absolute Gasteiger partial charge is 0.329 e. The Hall–Kier alpha value is -2.71. The quantitative estimate of drug-likeness (QED) is 0.428. The monoisotopic (exact) mass is 518 g/mol. The third kappa shape index (κ3) is 6.46. The molecule has 5 rings (SSSR count). The lowest BCUT2D eigenvalue weighted by atomic mass is 10.0. The number of nitrogens with zero attached hydrogens (tertiary/aromatic N) is 4. The van der Waals surface area contributed by atoms with E-state index in [0.29, 0.717) is 13.1 Å². The van der Waals surface area contributed by atoms with Crippen LogP contribution in [0.4, 0.5) is 0 Å². The van der Waals surface area contributed by atoms with Gasteiger partial charge in [-0.05, 0) is 51.9 Å². The van der Waals surface area contributed by atoms with Crippen molar-refractivity contribution in [3.05, 3.63) is 71.1 Å². The van der Waals surface area contributed by atoms with Crippen LogP contribution >= 0.6 is 0 Å². The highest BCUT2D eigenvalue weighted by molar-refractivity contribution is 5.79. The van der Waals surface area contributed by atoms with Gasteiger partial charge in [-0.3, -0.25) is 9.13 Å². The summed E-state index contributed by atoms with van der Waals surface area (Å²) in [5.74, 6) is 0. The molecule has 3 aromatic rings. The van der Waals surface area contributed by atoms with E-state index < -0.39 is 12.2 Å². The molecule has 7 heteroatoms. The molecule has 0 bridgehead atoms. The lowest BCUT2D eigenvalue weighted by Gasteiger charge is -2.28. The van der Waals surface area contributed by atoms with Crippen molar-refractivity contribution in [1.82, 2.24) is 18.9 Å². The molecule has 0 saturated carbocycles. The second-order valence-corrected chi connectivity index (χ2v) is 11.0. The second kappa shape index (κ2) is 12.9. The van der Waals surface area contributed by atoms with Crippen LogP contribution in [-0.2, 0) is 13.1 Å². The summed E-state index contributed by atoms with van der Waals surface area (Å²) in [6.07, 6.45) is 5.80. The van der Waals surface area contributed by atoms with Gasteiger partial charge < -0.3 is 20.0 Å². The molecule has 0 aliphatic carbocycles. The first-order valence-electron chi connectivity index (χ1n) is 14.3. The van der Waals surface area contributed by atoms with Crippen LogP contribution < -0.4 is 5.69 Å². The fourth-order valence-corrected chi connectivity index (χ4v) is 6.13. The van der Waals surface area contributed by atoms with E-state index in [1.54, 1.807) is 9.13 Å². The average Bonchev–Trinajstić information content (AvgIpc) is 3.21. The number of rotatable bonds is 10. The van der Waals surface area contributed by atoms with E-state index in [1.807, 2.05) is 60.7 Å². The van der Waals surface area contributed by atoms with Crippen molar-refractivity contribution in [2.45, 2.75) is 63.8 Å². The Morgan fingerprint density at radius 3 is 1.29 bits per heavy atom. The number of aliphatic hydroxyl groups is 2. The van der Waals surface area contributed by atoms with Crippen molar-refractivity contribution >= 4 is 0 Å². The number of likely N-dealkylation sites (tertiary alicyclic amines) is 2. The summed E-state index contributed by atoms with van der Waals surface area (Å²) in [5.41, 5.74) is 3.27. The zero-order valence-corrected chi connectivity index (χ0v) is 22.4. The maximum atomic E-state index is 14.1. The molecule has 0 amide bonds. The molecule has 7 nitrogen and oxygen atoms in total. The highest BCUT2D eigenvalue weighted by Gasteiger charge is 2.26. The molecular formula is C31H42N4O3. The molecule has 2 fully saturated rings. The number of hydrogen-bond donors (Lipinski definition) is 2. The topological polar surface area (TPSA) is 73.9 Å². The molecule has 0 radical (unpaired) electrons. The van der Waals surface area contributed by atoms with E-state index >= 15 is 0 Å². The van der Waals surface area contributed by atoms with Crippen LogP contribution in [-0.4, -0.2) is 80.6 Å². The number of hydrogen-bond acceptors (Lipinski definition) is 5. The van der Waals surface area contributed by atoms with Gasteiger partial charge in [0.15, 0.2) is 0 Å². The van der Waals surface area contributed by atoms with Gasteiger partial charge in [-0.2, -0.15) is 0 Å². The molecule has 204 valence electrons. The average molecular weight is 519 g/mol. The number of piperidine rings is 2. The first-order valence-corrected chi connectivity index (χ1v) is 14.3. The summed E-state index contributed by atoms with van der Waals surface area (Å²) in [5, 5.41) is 22.3. The summed E-state index contributed by atoms with van der Waals surface area (Å²) < 4.78 is 3.47. The zero-order chi connectivity index (χ0) is 26.3. The summed E-state index contributed by atoms with van der Waals surface area (Å²) in [6, 6.07) is 19.9. The van der Waals surface area contributed by atoms with Gasteiger partial charge in [-0.1, -0.05) is 73.5 Å². The van der Waals surface area contributed by atoms with Gasteiger partial charge in [-0.15, -0.1) is 0 Å². The number of β-amino-alcohol motifs (C(OH)–C–C–N with tert-alkyl or cyclic N) is 2. The largest absolute Gasteiger partial charge is 0.390 e. The number of benzene rings is 2. The number of aliphatic hydroxyl groups excluding tert-OH is 2. The Bertz CT molecular complexity index is 1100. The van der Waals surface area contributed by atoms with Crippen molar-refractivity contribution in [2.75, 3.05) is 39.3 Å². The van der Waals surface area contributed by atoms with E-state index in [0.717, 1.165) is 74.4 Å². The van der Waals surface area contributed by atoms with Crippen molar-refractivity contribution in [2.24, 2.45) is 0 Å². The summed E-state index contributed by atoms with van der Waals surface area (Å²) in [4.78, 5) is 18.7.